The second-order valence-electron chi connectivity index (χ2n) is 3.03. The van der Waals surface area contributed by atoms with Crippen molar-refractivity contribution in [1.82, 2.24) is 0 Å². The minimum absolute atomic E-state index is 1.12. The second-order valence-corrected chi connectivity index (χ2v) is 3.03. The van der Waals surface area contributed by atoms with Crippen LogP contribution in [-0.4, -0.2) is 0 Å². The van der Waals surface area contributed by atoms with E-state index in [0.717, 1.165) is 12.8 Å². The van der Waals surface area contributed by atoms with E-state index in [-0.39, 0.29) is 0 Å². The summed E-state index contributed by atoms with van der Waals surface area (Å²) in [4.78, 5) is 0. The van der Waals surface area contributed by atoms with Gasteiger partial charge in [0.25, 0.3) is 0 Å². The third-order valence-corrected chi connectivity index (χ3v) is 1.51. The van der Waals surface area contributed by atoms with E-state index in [1.54, 1.807) is 0 Å². The molecule has 0 nitrogen and oxygen atoms in total. The highest BCUT2D eigenvalue weighted by atomic mass is 13.9. The smallest absolute Gasteiger partial charge is 0.0317 e. The molecule has 0 bridgehead atoms. The highest BCUT2D eigenvalue weighted by Gasteiger charge is 1.85. The Morgan fingerprint density at radius 1 is 1.27 bits per heavy atom. The van der Waals surface area contributed by atoms with Crippen LogP contribution in [0.2, 0.25) is 0 Å². The number of allylic oxidation sites excluding steroid dienone is 3. The summed E-state index contributed by atoms with van der Waals surface area (Å²) < 4.78 is 0. The average molecular weight is 151 g/mol. The van der Waals surface area contributed by atoms with Crippen molar-refractivity contribution >= 4 is 0 Å². The van der Waals surface area contributed by atoms with Gasteiger partial charge in [0.1, 0.15) is 0 Å². The molecule has 63 valence electrons. The van der Waals surface area contributed by atoms with Crippen LogP contribution in [0.5, 0.6) is 0 Å². The van der Waals surface area contributed by atoms with Crippen molar-refractivity contribution in [3.63, 3.8) is 0 Å². The Morgan fingerprint density at radius 2 is 2.00 bits per heavy atom. The largest absolute Gasteiger partial charge is 0.103 e. The first-order valence-corrected chi connectivity index (χ1v) is 4.33. The number of rotatable bonds is 6. The first-order valence-electron chi connectivity index (χ1n) is 4.33. The van der Waals surface area contributed by atoms with E-state index in [2.05, 4.69) is 32.9 Å². The summed E-state index contributed by atoms with van der Waals surface area (Å²) >= 11 is 0. The minimum atomic E-state index is 1.12. The summed E-state index contributed by atoms with van der Waals surface area (Å²) in [6.07, 6.45) is 11.3. The van der Waals surface area contributed by atoms with Gasteiger partial charge < -0.3 is 0 Å². The van der Waals surface area contributed by atoms with Gasteiger partial charge in [0.15, 0.2) is 0 Å². The molecule has 0 aliphatic heterocycles. The fourth-order valence-electron chi connectivity index (χ4n) is 0.843. The summed E-state index contributed by atoms with van der Waals surface area (Å²) in [5, 5.41) is 0. The summed E-state index contributed by atoms with van der Waals surface area (Å²) in [5.74, 6) is 0. The third-order valence-electron chi connectivity index (χ3n) is 1.51. The van der Waals surface area contributed by atoms with E-state index in [1.165, 1.54) is 18.4 Å². The molecule has 0 atom stereocenters. The van der Waals surface area contributed by atoms with Gasteiger partial charge in [0.05, 0.1) is 0 Å². The zero-order chi connectivity index (χ0) is 8.53. The van der Waals surface area contributed by atoms with Crippen LogP contribution < -0.4 is 0 Å². The lowest BCUT2D eigenvalue weighted by Crippen LogP contribution is -1.76. The van der Waals surface area contributed by atoms with Gasteiger partial charge in [-0.15, -0.1) is 6.58 Å². The molecule has 0 heteroatoms. The molecule has 0 heterocycles. The van der Waals surface area contributed by atoms with Crippen molar-refractivity contribution in [2.24, 2.45) is 0 Å². The maximum atomic E-state index is 3.68. The maximum absolute atomic E-state index is 3.68. The summed E-state index contributed by atoms with van der Waals surface area (Å²) in [6, 6.07) is 0. The van der Waals surface area contributed by atoms with E-state index in [1.807, 2.05) is 6.08 Å². The SMILES string of the molecule is C=CCCC[CH]CC=C(C)C. The summed E-state index contributed by atoms with van der Waals surface area (Å²) in [6.45, 7) is 7.95. The fraction of sp³-hybridized carbons (Fsp3) is 0.545. The Morgan fingerprint density at radius 3 is 2.55 bits per heavy atom. The number of hydrogen-bond donors (Lipinski definition) is 0. The van der Waals surface area contributed by atoms with Gasteiger partial charge in [-0.1, -0.05) is 17.7 Å². The van der Waals surface area contributed by atoms with Crippen LogP contribution in [-0.2, 0) is 0 Å². The van der Waals surface area contributed by atoms with Crippen LogP contribution in [0.4, 0.5) is 0 Å². The van der Waals surface area contributed by atoms with Crippen LogP contribution in [0.1, 0.15) is 39.5 Å². The highest BCUT2D eigenvalue weighted by molar-refractivity contribution is 4.95. The maximum Gasteiger partial charge on any atom is -0.0317 e. The Balaban J connectivity index is 3.02. The highest BCUT2D eigenvalue weighted by Crippen LogP contribution is 2.04. The molecule has 11 heavy (non-hydrogen) atoms. The molecule has 0 aromatic carbocycles. The molecule has 0 amide bonds. The first-order chi connectivity index (χ1) is 5.27. The molecular weight excluding hydrogens is 132 g/mol. The predicted octanol–water partition coefficient (Wildman–Crippen LogP) is 3.90. The molecule has 0 unspecified atom stereocenters. The van der Waals surface area contributed by atoms with Gasteiger partial charge in [0, 0.05) is 0 Å². The van der Waals surface area contributed by atoms with Crippen molar-refractivity contribution in [1.29, 1.82) is 0 Å². The Hall–Kier alpha value is -0.520. The van der Waals surface area contributed by atoms with Crippen molar-refractivity contribution in [3.05, 3.63) is 30.7 Å². The summed E-state index contributed by atoms with van der Waals surface area (Å²) in [7, 11) is 0. The zero-order valence-corrected chi connectivity index (χ0v) is 7.77. The first kappa shape index (κ1) is 10.5. The van der Waals surface area contributed by atoms with Crippen molar-refractivity contribution in [2.75, 3.05) is 0 Å². The van der Waals surface area contributed by atoms with Crippen LogP contribution in [0, 0.1) is 6.42 Å². The topological polar surface area (TPSA) is 0 Å². The van der Waals surface area contributed by atoms with E-state index >= 15 is 0 Å². The molecule has 0 aliphatic rings. The normalized spacial score (nSPS) is 9.27. The van der Waals surface area contributed by atoms with Gasteiger partial charge >= 0.3 is 0 Å². The molecule has 0 spiro atoms. The molecule has 0 aromatic rings. The molecule has 0 rings (SSSR count). The predicted molar refractivity (Wildman–Crippen MR) is 52.4 cm³/mol. The number of hydrogen-bond acceptors (Lipinski definition) is 0. The third kappa shape index (κ3) is 9.48. The quantitative estimate of drug-likeness (QED) is 0.399. The lowest BCUT2D eigenvalue weighted by Gasteiger charge is -1.94. The van der Waals surface area contributed by atoms with Crippen LogP contribution in [0.3, 0.4) is 0 Å². The van der Waals surface area contributed by atoms with Gasteiger partial charge in [-0.05, 0) is 46.0 Å². The van der Waals surface area contributed by atoms with Gasteiger partial charge in [-0.25, -0.2) is 0 Å². The van der Waals surface area contributed by atoms with Gasteiger partial charge in [0.2, 0.25) is 0 Å². The lowest BCUT2D eigenvalue weighted by atomic mass is 10.1. The van der Waals surface area contributed by atoms with Crippen molar-refractivity contribution in [3.8, 4) is 0 Å². The van der Waals surface area contributed by atoms with E-state index in [9.17, 15) is 0 Å². The Bertz CT molecular complexity index is 116. The monoisotopic (exact) mass is 151 g/mol. The second kappa shape index (κ2) is 7.59. The van der Waals surface area contributed by atoms with Crippen LogP contribution in [0.15, 0.2) is 24.3 Å². The van der Waals surface area contributed by atoms with E-state index in [0.29, 0.717) is 0 Å². The molecular formula is C11H19. The van der Waals surface area contributed by atoms with Crippen LogP contribution >= 0.6 is 0 Å². The molecule has 0 N–H and O–H groups in total. The van der Waals surface area contributed by atoms with Crippen LogP contribution in [0.25, 0.3) is 0 Å². The summed E-state index contributed by atoms with van der Waals surface area (Å²) in [5.41, 5.74) is 1.41. The molecule has 1 radical (unpaired) electrons. The zero-order valence-electron chi connectivity index (χ0n) is 7.77. The number of unbranched alkanes of at least 4 members (excludes halogenated alkanes) is 4. The van der Waals surface area contributed by atoms with Crippen molar-refractivity contribution in [2.45, 2.75) is 39.5 Å². The average Bonchev–Trinajstić information content (AvgIpc) is 1.96. The van der Waals surface area contributed by atoms with E-state index < -0.39 is 0 Å². The minimum Gasteiger partial charge on any atom is -0.103 e. The fourth-order valence-corrected chi connectivity index (χ4v) is 0.843. The molecule has 0 saturated heterocycles. The molecule has 0 fully saturated rings. The Kier molecular flexibility index (Phi) is 7.23. The molecule has 0 aromatic heterocycles. The molecule has 0 saturated carbocycles. The van der Waals surface area contributed by atoms with E-state index in [4.69, 9.17) is 0 Å². The lowest BCUT2D eigenvalue weighted by molar-refractivity contribution is 0.811. The Labute approximate surface area is 71.0 Å². The standard InChI is InChI=1S/C11H19/c1-4-5-6-7-8-9-10-11(2)3/h4,8,10H,1,5-7,9H2,2-3H3. The van der Waals surface area contributed by atoms with Gasteiger partial charge in [-0.2, -0.15) is 0 Å². The van der Waals surface area contributed by atoms with Crippen molar-refractivity contribution < 1.29 is 0 Å². The molecule has 0 aliphatic carbocycles. The van der Waals surface area contributed by atoms with Gasteiger partial charge in [-0.3, -0.25) is 0 Å².